The first-order valence-electron chi connectivity index (χ1n) is 13.1. The fourth-order valence-electron chi connectivity index (χ4n) is 3.52. The Morgan fingerprint density at radius 2 is 0.842 bits per heavy atom. The van der Waals surface area contributed by atoms with Crippen molar-refractivity contribution in [1.29, 1.82) is 0 Å². The largest absolute Gasteiger partial charge is 0.540 e. The van der Waals surface area contributed by atoms with E-state index < -0.39 is 12.3 Å². The summed E-state index contributed by atoms with van der Waals surface area (Å²) >= 11 is 0. The van der Waals surface area contributed by atoms with Crippen LogP contribution in [-0.2, 0) is 9.68 Å². The Morgan fingerprint density at radius 3 is 1.18 bits per heavy atom. The summed E-state index contributed by atoms with van der Waals surface area (Å²) in [7, 11) is 0. The second-order valence-corrected chi connectivity index (χ2v) is 8.71. The SMILES string of the molecule is N/C(CCCCCCCCCCCC/C(N)=N/OC(=O)Oc1ccccc1)=N\OC(=O)Oc1ccccc1. The van der Waals surface area contributed by atoms with Gasteiger partial charge in [-0.25, -0.2) is 9.59 Å². The first-order chi connectivity index (χ1) is 18.5. The second kappa shape index (κ2) is 19.1. The Morgan fingerprint density at radius 1 is 0.526 bits per heavy atom. The number of benzene rings is 2. The fourth-order valence-corrected chi connectivity index (χ4v) is 3.52. The quantitative estimate of drug-likeness (QED) is 0.0443. The predicted octanol–water partition coefficient (Wildman–Crippen LogP) is 6.64. The molecule has 10 nitrogen and oxygen atoms in total. The van der Waals surface area contributed by atoms with Gasteiger partial charge < -0.3 is 20.9 Å². The van der Waals surface area contributed by atoms with E-state index in [0.717, 1.165) is 38.5 Å². The molecule has 0 saturated carbocycles. The summed E-state index contributed by atoms with van der Waals surface area (Å²) in [6, 6.07) is 17.2. The van der Waals surface area contributed by atoms with Crippen LogP contribution < -0.4 is 20.9 Å². The molecule has 0 bridgehead atoms. The molecule has 0 amide bonds. The van der Waals surface area contributed by atoms with Crippen LogP contribution in [0.2, 0.25) is 0 Å². The van der Waals surface area contributed by atoms with Gasteiger partial charge in [0.15, 0.2) is 0 Å². The van der Waals surface area contributed by atoms with Crippen LogP contribution in [0.4, 0.5) is 9.59 Å². The molecule has 0 heterocycles. The molecule has 0 atom stereocenters. The van der Waals surface area contributed by atoms with E-state index in [1.807, 2.05) is 12.1 Å². The van der Waals surface area contributed by atoms with Crippen LogP contribution in [-0.4, -0.2) is 24.0 Å². The number of para-hydroxylation sites is 2. The molecule has 0 radical (unpaired) electrons. The second-order valence-electron chi connectivity index (χ2n) is 8.71. The molecule has 0 aromatic heterocycles. The van der Waals surface area contributed by atoms with Crippen LogP contribution in [0.15, 0.2) is 71.0 Å². The van der Waals surface area contributed by atoms with Gasteiger partial charge in [0.05, 0.1) is 0 Å². The highest BCUT2D eigenvalue weighted by Crippen LogP contribution is 2.13. The molecule has 10 heteroatoms. The summed E-state index contributed by atoms with van der Waals surface area (Å²) in [6.07, 6.45) is 10.2. The molecule has 0 spiro atoms. The maximum atomic E-state index is 11.6. The van der Waals surface area contributed by atoms with Gasteiger partial charge in [-0.3, -0.25) is 9.68 Å². The minimum Gasteiger partial charge on any atom is -0.393 e. The van der Waals surface area contributed by atoms with Crippen molar-refractivity contribution in [1.82, 2.24) is 0 Å². The smallest absolute Gasteiger partial charge is 0.393 e. The topological polar surface area (TPSA) is 148 Å². The van der Waals surface area contributed by atoms with Crippen molar-refractivity contribution < 1.29 is 28.7 Å². The average molecular weight is 527 g/mol. The highest BCUT2D eigenvalue weighted by molar-refractivity contribution is 5.80. The highest BCUT2D eigenvalue weighted by atomic mass is 16.8. The van der Waals surface area contributed by atoms with Crippen LogP contribution >= 0.6 is 0 Å². The molecule has 0 saturated heterocycles. The van der Waals surface area contributed by atoms with Crippen LogP contribution in [0.5, 0.6) is 11.5 Å². The van der Waals surface area contributed by atoms with Crippen molar-refractivity contribution in [3.63, 3.8) is 0 Å². The first-order valence-corrected chi connectivity index (χ1v) is 13.1. The van der Waals surface area contributed by atoms with Gasteiger partial charge in [-0.05, 0) is 37.1 Å². The molecule has 0 aliphatic carbocycles. The Hall–Kier alpha value is -4.08. The standard InChI is InChI=1S/C28H38N4O6/c29-25(31-37-27(33)35-23-17-11-9-12-18-23)21-15-7-5-3-1-2-4-6-8-16-22-26(30)32-38-28(34)36-24-19-13-10-14-20-24/h9-14,17-20H,1-8,15-16,21-22H2,(H2,29,31)(H2,30,32). The number of carbonyl (C=O) groups is 2. The Kier molecular flexibility index (Phi) is 15.1. The fraction of sp³-hybridized carbons (Fsp3) is 0.429. The zero-order valence-electron chi connectivity index (χ0n) is 21.8. The lowest BCUT2D eigenvalue weighted by molar-refractivity contribution is 0.101. The van der Waals surface area contributed by atoms with Gasteiger partial charge in [-0.1, -0.05) is 98.1 Å². The third-order valence-corrected chi connectivity index (χ3v) is 5.48. The van der Waals surface area contributed by atoms with E-state index in [9.17, 15) is 9.59 Å². The number of oxime groups is 2. The number of unbranched alkanes of at least 4 members (excludes halogenated alkanes) is 9. The number of nitrogens with two attached hydrogens (primary N) is 2. The van der Waals surface area contributed by atoms with Crippen molar-refractivity contribution in [2.75, 3.05) is 0 Å². The van der Waals surface area contributed by atoms with Crippen LogP contribution in [0.3, 0.4) is 0 Å². The lowest BCUT2D eigenvalue weighted by atomic mass is 10.0. The summed E-state index contributed by atoms with van der Waals surface area (Å²) in [6.45, 7) is 0. The molecule has 2 aromatic rings. The van der Waals surface area contributed by atoms with E-state index in [4.69, 9.17) is 20.9 Å². The third-order valence-electron chi connectivity index (χ3n) is 5.48. The minimum atomic E-state index is -0.911. The van der Waals surface area contributed by atoms with Crippen molar-refractivity contribution in [3.8, 4) is 11.5 Å². The molecule has 2 aromatic carbocycles. The molecule has 206 valence electrons. The summed E-state index contributed by atoms with van der Waals surface area (Å²) in [4.78, 5) is 32.5. The van der Waals surface area contributed by atoms with Crippen molar-refractivity contribution >= 4 is 24.0 Å². The molecule has 0 aliphatic rings. The lowest BCUT2D eigenvalue weighted by Gasteiger charge is -2.04. The van der Waals surface area contributed by atoms with Crippen molar-refractivity contribution in [2.45, 2.75) is 77.0 Å². The summed E-state index contributed by atoms with van der Waals surface area (Å²) < 4.78 is 9.93. The number of ether oxygens (including phenoxy) is 2. The number of carbonyl (C=O) groups excluding carboxylic acids is 2. The number of nitrogens with zero attached hydrogens (tertiary/aromatic N) is 2. The summed E-state index contributed by atoms with van der Waals surface area (Å²) in [5, 5.41) is 7.25. The first kappa shape index (κ1) is 30.1. The van der Waals surface area contributed by atoms with Crippen LogP contribution in [0.25, 0.3) is 0 Å². The van der Waals surface area contributed by atoms with Gasteiger partial charge in [0.1, 0.15) is 23.2 Å². The molecule has 0 unspecified atom stereocenters. The molecule has 0 fully saturated rings. The summed E-state index contributed by atoms with van der Waals surface area (Å²) in [5.41, 5.74) is 11.6. The molecular formula is C28H38N4O6. The zero-order chi connectivity index (χ0) is 27.3. The molecular weight excluding hydrogens is 488 g/mol. The number of amidine groups is 2. The monoisotopic (exact) mass is 526 g/mol. The molecule has 4 N–H and O–H groups in total. The molecule has 38 heavy (non-hydrogen) atoms. The number of hydrogen-bond donors (Lipinski definition) is 2. The van der Waals surface area contributed by atoms with Gasteiger partial charge in [-0.2, -0.15) is 0 Å². The third kappa shape index (κ3) is 15.1. The zero-order valence-corrected chi connectivity index (χ0v) is 21.8. The Balaban J connectivity index is 1.37. The van der Waals surface area contributed by atoms with E-state index in [1.165, 1.54) is 25.7 Å². The van der Waals surface area contributed by atoms with E-state index >= 15 is 0 Å². The lowest BCUT2D eigenvalue weighted by Crippen LogP contribution is -2.15. The Bertz CT molecular complexity index is 917. The van der Waals surface area contributed by atoms with Gasteiger partial charge in [-0.15, -0.1) is 0 Å². The van der Waals surface area contributed by atoms with E-state index in [-0.39, 0.29) is 11.7 Å². The van der Waals surface area contributed by atoms with E-state index in [0.29, 0.717) is 24.3 Å². The highest BCUT2D eigenvalue weighted by Gasteiger charge is 2.07. The maximum Gasteiger partial charge on any atom is 0.540 e. The number of hydrogen-bond acceptors (Lipinski definition) is 8. The number of rotatable bonds is 17. The Labute approximate surface area is 223 Å². The molecule has 2 rings (SSSR count). The normalized spacial score (nSPS) is 11.6. The van der Waals surface area contributed by atoms with Gasteiger partial charge in [0.25, 0.3) is 0 Å². The van der Waals surface area contributed by atoms with Crippen molar-refractivity contribution in [3.05, 3.63) is 60.7 Å². The maximum absolute atomic E-state index is 11.6. The van der Waals surface area contributed by atoms with Gasteiger partial charge >= 0.3 is 12.3 Å². The van der Waals surface area contributed by atoms with Crippen LogP contribution in [0, 0.1) is 0 Å². The molecule has 0 aliphatic heterocycles. The van der Waals surface area contributed by atoms with Crippen molar-refractivity contribution in [2.24, 2.45) is 21.8 Å². The predicted molar refractivity (Wildman–Crippen MR) is 146 cm³/mol. The average Bonchev–Trinajstić information content (AvgIpc) is 2.92. The van der Waals surface area contributed by atoms with Gasteiger partial charge in [0, 0.05) is 12.8 Å². The van der Waals surface area contributed by atoms with Gasteiger partial charge in [0.2, 0.25) is 0 Å². The minimum absolute atomic E-state index is 0.277. The summed E-state index contributed by atoms with van der Waals surface area (Å²) in [5.74, 6) is 1.32. The van der Waals surface area contributed by atoms with E-state index in [2.05, 4.69) is 20.0 Å². The van der Waals surface area contributed by atoms with Crippen LogP contribution in [0.1, 0.15) is 77.0 Å². The van der Waals surface area contributed by atoms with E-state index in [1.54, 1.807) is 48.5 Å².